The van der Waals surface area contributed by atoms with Gasteiger partial charge in [-0.25, -0.2) is 4.98 Å². The Morgan fingerprint density at radius 2 is 2.44 bits per heavy atom. The largest absolute Gasteiger partial charge is 0.427 e. The second-order valence-corrected chi connectivity index (χ2v) is 4.36. The summed E-state index contributed by atoms with van der Waals surface area (Å²) in [7, 11) is 0. The molecule has 0 bridgehead atoms. The van der Waals surface area contributed by atoms with E-state index >= 15 is 0 Å². The van der Waals surface area contributed by atoms with E-state index < -0.39 is 0 Å². The molecule has 1 saturated heterocycles. The summed E-state index contributed by atoms with van der Waals surface area (Å²) >= 11 is 0. The predicted molar refractivity (Wildman–Crippen MR) is 60.9 cm³/mol. The van der Waals surface area contributed by atoms with Crippen LogP contribution in [0, 0.1) is 0 Å². The molecule has 0 aromatic heterocycles. The lowest BCUT2D eigenvalue weighted by atomic mass is 9.96. The van der Waals surface area contributed by atoms with Gasteiger partial charge in [-0.3, -0.25) is 0 Å². The molecule has 0 amide bonds. The van der Waals surface area contributed by atoms with E-state index in [1.165, 1.54) is 12.8 Å². The highest BCUT2D eigenvalue weighted by Crippen LogP contribution is 2.28. The number of hydrogen-bond donors (Lipinski definition) is 2. The molecule has 1 unspecified atom stereocenters. The van der Waals surface area contributed by atoms with Gasteiger partial charge in [0.2, 0.25) is 0 Å². The number of rotatable bonds is 1. The maximum Gasteiger partial charge on any atom is 0.175 e. The van der Waals surface area contributed by atoms with E-state index in [9.17, 15) is 5.21 Å². The molecule has 1 atom stereocenters. The number of fused-ring (bicyclic) bond motifs is 1. The SMILES string of the molecule is On1cccc2cc(C3CCCNC3)nc1-2. The Hall–Kier alpha value is -1.55. The first-order valence-electron chi connectivity index (χ1n) is 5.72. The number of hydrogen-bond acceptors (Lipinski definition) is 3. The minimum absolute atomic E-state index is 0.487. The van der Waals surface area contributed by atoms with Gasteiger partial charge in [-0.15, -0.1) is 0 Å². The minimum Gasteiger partial charge on any atom is -0.427 e. The first kappa shape index (κ1) is 9.66. The van der Waals surface area contributed by atoms with E-state index in [0.29, 0.717) is 11.7 Å². The molecule has 3 aliphatic rings. The zero-order chi connectivity index (χ0) is 11.0. The van der Waals surface area contributed by atoms with Crippen LogP contribution in [0.4, 0.5) is 0 Å². The van der Waals surface area contributed by atoms with Crippen molar-refractivity contribution in [3.05, 3.63) is 30.1 Å². The monoisotopic (exact) mass is 217 g/mol. The second-order valence-electron chi connectivity index (χ2n) is 4.36. The van der Waals surface area contributed by atoms with Gasteiger partial charge in [-0.1, -0.05) is 0 Å². The molecule has 3 heterocycles. The van der Waals surface area contributed by atoms with E-state index in [1.807, 2.05) is 12.1 Å². The summed E-state index contributed by atoms with van der Waals surface area (Å²) in [6, 6.07) is 5.89. The molecule has 0 aromatic carbocycles. The Morgan fingerprint density at radius 3 is 3.19 bits per heavy atom. The summed E-state index contributed by atoms with van der Waals surface area (Å²) in [5.41, 5.74) is 2.10. The van der Waals surface area contributed by atoms with Gasteiger partial charge in [-0.2, -0.15) is 4.73 Å². The van der Waals surface area contributed by atoms with Crippen molar-refractivity contribution in [3.63, 3.8) is 0 Å². The summed E-state index contributed by atoms with van der Waals surface area (Å²) in [6.45, 7) is 2.10. The average molecular weight is 217 g/mol. The molecule has 0 radical (unpaired) electrons. The Balaban J connectivity index is 1.98. The number of piperidine rings is 1. The summed E-state index contributed by atoms with van der Waals surface area (Å²) < 4.78 is 1.09. The number of nitrogens with zero attached hydrogens (tertiary/aromatic N) is 2. The van der Waals surface area contributed by atoms with Crippen LogP contribution in [-0.4, -0.2) is 28.0 Å². The van der Waals surface area contributed by atoms with Crippen LogP contribution < -0.4 is 5.32 Å². The smallest absolute Gasteiger partial charge is 0.175 e. The van der Waals surface area contributed by atoms with Crippen LogP contribution in [0.15, 0.2) is 24.4 Å². The highest BCUT2D eigenvalue weighted by atomic mass is 16.5. The first-order valence-corrected chi connectivity index (χ1v) is 5.72. The fraction of sp³-hybridized carbons (Fsp3) is 0.417. The van der Waals surface area contributed by atoms with E-state index in [-0.39, 0.29) is 0 Å². The first-order chi connectivity index (χ1) is 7.84. The van der Waals surface area contributed by atoms with Gasteiger partial charge in [0, 0.05) is 29.9 Å². The fourth-order valence-electron chi connectivity index (χ4n) is 2.36. The molecule has 3 aliphatic heterocycles. The predicted octanol–water partition coefficient (Wildman–Crippen LogP) is 1.69. The zero-order valence-corrected chi connectivity index (χ0v) is 9.06. The van der Waals surface area contributed by atoms with Gasteiger partial charge in [0.1, 0.15) is 0 Å². The van der Waals surface area contributed by atoms with Crippen molar-refractivity contribution in [3.8, 4) is 11.4 Å². The number of aromatic nitrogens is 2. The summed E-state index contributed by atoms with van der Waals surface area (Å²) in [5.74, 6) is 1.14. The van der Waals surface area contributed by atoms with E-state index in [1.54, 1.807) is 6.20 Å². The summed E-state index contributed by atoms with van der Waals surface area (Å²) in [6.07, 6.45) is 3.99. The molecule has 1 fully saturated rings. The normalized spacial score (nSPS) is 21.4. The van der Waals surface area contributed by atoms with Crippen LogP contribution in [-0.2, 0) is 0 Å². The quantitative estimate of drug-likeness (QED) is 0.715. The number of pyridine rings is 1. The van der Waals surface area contributed by atoms with Gasteiger partial charge in [0.25, 0.3) is 0 Å². The minimum atomic E-state index is 0.487. The average Bonchev–Trinajstić information content (AvgIpc) is 2.76. The van der Waals surface area contributed by atoms with Crippen LogP contribution in [0.3, 0.4) is 0 Å². The summed E-state index contributed by atoms with van der Waals surface area (Å²) in [4.78, 5) is 4.51. The molecule has 84 valence electrons. The molecule has 3 rings (SSSR count). The molecular formula is C12H15N3O. The van der Waals surface area contributed by atoms with Crippen molar-refractivity contribution >= 4 is 0 Å². The molecule has 0 saturated carbocycles. The molecule has 0 aliphatic carbocycles. The van der Waals surface area contributed by atoms with Crippen molar-refractivity contribution in [2.24, 2.45) is 0 Å². The van der Waals surface area contributed by atoms with Crippen LogP contribution in [0.25, 0.3) is 11.4 Å². The molecule has 4 heteroatoms. The van der Waals surface area contributed by atoms with Crippen LogP contribution in [0.1, 0.15) is 24.5 Å². The second kappa shape index (κ2) is 3.79. The lowest BCUT2D eigenvalue weighted by Crippen LogP contribution is -2.28. The Labute approximate surface area is 94.2 Å². The Morgan fingerprint density at radius 1 is 1.50 bits per heavy atom. The number of nitrogens with one attached hydrogen (secondary N) is 1. The van der Waals surface area contributed by atoms with E-state index in [4.69, 9.17) is 0 Å². The van der Waals surface area contributed by atoms with Crippen molar-refractivity contribution < 1.29 is 5.21 Å². The standard InChI is InChI=1S/C12H15N3O/c16-15-6-2-4-9-7-11(14-12(9)15)10-3-1-5-13-8-10/h2,4,6-7,10,13,16H,1,3,5,8H2. The van der Waals surface area contributed by atoms with Crippen molar-refractivity contribution in [1.82, 2.24) is 15.0 Å². The molecule has 0 spiro atoms. The molecule has 16 heavy (non-hydrogen) atoms. The fourth-order valence-corrected chi connectivity index (χ4v) is 2.36. The maximum atomic E-state index is 9.62. The van der Waals surface area contributed by atoms with Gasteiger partial charge in [-0.05, 0) is 37.6 Å². The van der Waals surface area contributed by atoms with Gasteiger partial charge in [0.05, 0.1) is 0 Å². The molecule has 0 aromatic rings. The topological polar surface area (TPSA) is 50.1 Å². The summed E-state index contributed by atoms with van der Waals surface area (Å²) in [5, 5.41) is 13.0. The molecule has 4 nitrogen and oxygen atoms in total. The van der Waals surface area contributed by atoms with Crippen molar-refractivity contribution in [2.45, 2.75) is 18.8 Å². The van der Waals surface area contributed by atoms with Gasteiger partial charge < -0.3 is 10.5 Å². The van der Waals surface area contributed by atoms with Crippen molar-refractivity contribution in [1.29, 1.82) is 0 Å². The van der Waals surface area contributed by atoms with E-state index in [0.717, 1.165) is 29.1 Å². The van der Waals surface area contributed by atoms with Crippen LogP contribution in [0.5, 0.6) is 0 Å². The Bertz CT molecular complexity index is 460. The highest BCUT2D eigenvalue weighted by Gasteiger charge is 2.20. The third-order valence-electron chi connectivity index (χ3n) is 3.23. The lowest BCUT2D eigenvalue weighted by Gasteiger charge is -2.20. The van der Waals surface area contributed by atoms with Crippen molar-refractivity contribution in [2.75, 3.05) is 13.1 Å². The maximum absolute atomic E-state index is 9.62. The van der Waals surface area contributed by atoms with Crippen LogP contribution >= 0.6 is 0 Å². The Kier molecular flexibility index (Phi) is 2.29. The molecule has 2 N–H and O–H groups in total. The zero-order valence-electron chi connectivity index (χ0n) is 9.06. The third-order valence-corrected chi connectivity index (χ3v) is 3.23. The third kappa shape index (κ3) is 1.55. The van der Waals surface area contributed by atoms with Crippen LogP contribution in [0.2, 0.25) is 0 Å². The highest BCUT2D eigenvalue weighted by molar-refractivity contribution is 5.59. The molecular weight excluding hydrogens is 202 g/mol. The van der Waals surface area contributed by atoms with Gasteiger partial charge >= 0.3 is 0 Å². The lowest BCUT2D eigenvalue weighted by molar-refractivity contribution is 0.186. The van der Waals surface area contributed by atoms with Gasteiger partial charge in [0.15, 0.2) is 5.82 Å². The van der Waals surface area contributed by atoms with E-state index in [2.05, 4.69) is 16.4 Å².